The van der Waals surface area contributed by atoms with Gasteiger partial charge in [0.15, 0.2) is 0 Å². The normalized spacial score (nSPS) is 17.2. The molecule has 0 aliphatic carbocycles. The summed E-state index contributed by atoms with van der Waals surface area (Å²) in [5, 5.41) is 4.07. The van der Waals surface area contributed by atoms with Gasteiger partial charge in [0.1, 0.15) is 5.75 Å². The summed E-state index contributed by atoms with van der Waals surface area (Å²) in [6.07, 6.45) is 1.91. The molecule has 0 radical (unpaired) electrons. The van der Waals surface area contributed by atoms with E-state index in [0.29, 0.717) is 42.3 Å². The predicted molar refractivity (Wildman–Crippen MR) is 139 cm³/mol. The van der Waals surface area contributed by atoms with Crippen LogP contribution in [0.15, 0.2) is 79.0 Å². The predicted octanol–water partition coefficient (Wildman–Crippen LogP) is 5.13. The number of hydrogen-bond acceptors (Lipinski definition) is 4. The van der Waals surface area contributed by atoms with Gasteiger partial charge in [-0.3, -0.25) is 9.59 Å². The average molecular weight is 484 g/mol. The number of carbonyl (C=O) groups excluding carboxylic acids is 2. The second-order valence-electron chi connectivity index (χ2n) is 8.71. The number of carbonyl (C=O) groups is 2. The fourth-order valence-electron chi connectivity index (χ4n) is 5.06. The van der Waals surface area contributed by atoms with E-state index in [2.05, 4.69) is 10.3 Å². The first-order valence-electron chi connectivity index (χ1n) is 12.1. The zero-order valence-electron chi connectivity index (χ0n) is 20.4. The van der Waals surface area contributed by atoms with Gasteiger partial charge in [-0.15, -0.1) is 0 Å². The molecule has 7 heteroatoms. The summed E-state index contributed by atoms with van der Waals surface area (Å²) in [5.74, 6) is -0.366. The number of para-hydroxylation sites is 3. The lowest BCUT2D eigenvalue weighted by Crippen LogP contribution is -2.47. The maximum Gasteiger partial charge on any atom is 0.254 e. The van der Waals surface area contributed by atoms with Gasteiger partial charge in [0.05, 0.1) is 30.9 Å². The lowest BCUT2D eigenvalue weighted by atomic mass is 9.79. The Morgan fingerprint density at radius 1 is 1.00 bits per heavy atom. The largest absolute Gasteiger partial charge is 0.492 e. The highest BCUT2D eigenvalue weighted by Gasteiger charge is 2.45. The highest BCUT2D eigenvalue weighted by Crippen LogP contribution is 2.45. The van der Waals surface area contributed by atoms with Crippen molar-refractivity contribution in [1.29, 1.82) is 0 Å². The van der Waals surface area contributed by atoms with Crippen molar-refractivity contribution in [2.45, 2.75) is 18.9 Å². The number of fused-ring (bicyclic) bond motifs is 2. The van der Waals surface area contributed by atoms with Crippen molar-refractivity contribution in [2.24, 2.45) is 0 Å². The Kier molecular flexibility index (Phi) is 6.73. The van der Waals surface area contributed by atoms with E-state index in [1.165, 1.54) is 0 Å². The first-order valence-corrected chi connectivity index (χ1v) is 12.1. The SMILES string of the molecule is CCOc1ccccc1NC(=O)[C@H]1c2ccccc2C(=O)N(CCOC)[C@@H]1c1c[nH]c2ccccc12. The number of methoxy groups -OCH3 is 1. The number of aromatic nitrogens is 1. The summed E-state index contributed by atoms with van der Waals surface area (Å²) >= 11 is 0. The Hall–Kier alpha value is -4.10. The van der Waals surface area contributed by atoms with E-state index in [4.69, 9.17) is 9.47 Å². The lowest BCUT2D eigenvalue weighted by Gasteiger charge is -2.41. The molecule has 0 saturated heterocycles. The number of anilines is 1. The molecule has 0 fully saturated rings. The van der Waals surface area contributed by atoms with Crippen molar-refractivity contribution in [3.8, 4) is 5.75 Å². The van der Waals surface area contributed by atoms with Gasteiger partial charge in [-0.05, 0) is 36.8 Å². The standard InChI is InChI=1S/C29H29N3O4/c1-3-36-25-15-9-8-14-24(25)31-28(33)26-20-11-4-5-12-21(20)29(34)32(16-17-35-2)27(26)22-18-30-23-13-7-6-10-19(22)23/h4-15,18,26-27,30H,3,16-17H2,1-2H3,(H,31,33)/t26-,27+/m0/s1. The lowest BCUT2D eigenvalue weighted by molar-refractivity contribution is -0.119. The van der Waals surface area contributed by atoms with Crippen molar-refractivity contribution < 1.29 is 19.1 Å². The summed E-state index contributed by atoms with van der Waals surface area (Å²) in [5.41, 5.74) is 3.68. The summed E-state index contributed by atoms with van der Waals surface area (Å²) in [6, 6.07) is 22.2. The minimum Gasteiger partial charge on any atom is -0.492 e. The molecule has 3 aromatic carbocycles. The topological polar surface area (TPSA) is 83.7 Å². The molecular formula is C29H29N3O4. The Labute approximate surface area is 210 Å². The Bertz CT molecular complexity index is 1400. The van der Waals surface area contributed by atoms with Crippen molar-refractivity contribution in [3.63, 3.8) is 0 Å². The fourth-order valence-corrected chi connectivity index (χ4v) is 5.06. The van der Waals surface area contributed by atoms with Crippen LogP contribution in [-0.4, -0.2) is 48.6 Å². The van der Waals surface area contributed by atoms with E-state index in [1.807, 2.05) is 79.9 Å². The van der Waals surface area contributed by atoms with Gasteiger partial charge in [-0.2, -0.15) is 0 Å². The molecule has 2 N–H and O–H groups in total. The van der Waals surface area contributed by atoms with Crippen molar-refractivity contribution in [1.82, 2.24) is 9.88 Å². The molecule has 0 spiro atoms. The second kappa shape index (κ2) is 10.3. The zero-order valence-corrected chi connectivity index (χ0v) is 20.4. The van der Waals surface area contributed by atoms with Crippen molar-refractivity contribution >= 4 is 28.4 Å². The maximum atomic E-state index is 14.1. The zero-order chi connectivity index (χ0) is 25.1. The van der Waals surface area contributed by atoms with Crippen LogP contribution in [0, 0.1) is 0 Å². The quantitative estimate of drug-likeness (QED) is 0.364. The van der Waals surface area contributed by atoms with Gasteiger partial charge in [-0.1, -0.05) is 48.5 Å². The van der Waals surface area contributed by atoms with Crippen molar-refractivity contribution in [2.75, 3.05) is 32.2 Å². The number of benzene rings is 3. The maximum absolute atomic E-state index is 14.1. The molecule has 2 amide bonds. The number of ether oxygens (including phenoxy) is 2. The molecule has 5 rings (SSSR count). The van der Waals surface area contributed by atoms with Crippen LogP contribution in [0.1, 0.15) is 40.4 Å². The van der Waals surface area contributed by atoms with Crippen LogP contribution >= 0.6 is 0 Å². The van der Waals surface area contributed by atoms with Crippen LogP contribution in [-0.2, 0) is 9.53 Å². The van der Waals surface area contributed by atoms with E-state index in [1.54, 1.807) is 18.1 Å². The van der Waals surface area contributed by atoms with Gasteiger partial charge >= 0.3 is 0 Å². The van der Waals surface area contributed by atoms with Crippen LogP contribution in [0.2, 0.25) is 0 Å². The van der Waals surface area contributed by atoms with Crippen molar-refractivity contribution in [3.05, 3.63) is 95.7 Å². The third-order valence-electron chi connectivity index (χ3n) is 6.64. The molecule has 7 nitrogen and oxygen atoms in total. The van der Waals surface area contributed by atoms with Gasteiger partial charge in [0.25, 0.3) is 5.91 Å². The van der Waals surface area contributed by atoms with Crippen LogP contribution in [0.5, 0.6) is 5.75 Å². The number of hydrogen-bond donors (Lipinski definition) is 2. The molecule has 0 saturated carbocycles. The third-order valence-corrected chi connectivity index (χ3v) is 6.64. The molecule has 0 unspecified atom stereocenters. The number of H-pyrrole nitrogens is 1. The van der Waals surface area contributed by atoms with E-state index in [0.717, 1.165) is 16.5 Å². The molecule has 184 valence electrons. The van der Waals surface area contributed by atoms with Crippen LogP contribution < -0.4 is 10.1 Å². The van der Waals surface area contributed by atoms with E-state index in [-0.39, 0.29) is 11.8 Å². The molecule has 1 aromatic heterocycles. The second-order valence-corrected chi connectivity index (χ2v) is 8.71. The number of nitrogens with zero attached hydrogens (tertiary/aromatic N) is 1. The molecule has 4 aromatic rings. The van der Waals surface area contributed by atoms with Gasteiger partial charge in [0.2, 0.25) is 5.91 Å². The molecule has 1 aliphatic rings. The highest BCUT2D eigenvalue weighted by molar-refractivity contribution is 6.05. The monoisotopic (exact) mass is 483 g/mol. The van der Waals surface area contributed by atoms with Gasteiger partial charge in [0, 0.05) is 41.9 Å². The van der Waals surface area contributed by atoms with E-state index >= 15 is 0 Å². The van der Waals surface area contributed by atoms with E-state index in [9.17, 15) is 9.59 Å². The molecular weight excluding hydrogens is 454 g/mol. The van der Waals surface area contributed by atoms with Gasteiger partial charge < -0.3 is 24.7 Å². The minimum atomic E-state index is -0.648. The third kappa shape index (κ3) is 4.22. The van der Waals surface area contributed by atoms with E-state index < -0.39 is 12.0 Å². The number of amides is 2. The molecule has 36 heavy (non-hydrogen) atoms. The highest BCUT2D eigenvalue weighted by atomic mass is 16.5. The Balaban J connectivity index is 1.66. The fraction of sp³-hybridized carbons (Fsp3) is 0.241. The molecule has 2 atom stereocenters. The first-order chi connectivity index (χ1) is 17.6. The Morgan fingerprint density at radius 2 is 1.75 bits per heavy atom. The van der Waals surface area contributed by atoms with Crippen LogP contribution in [0.25, 0.3) is 10.9 Å². The van der Waals surface area contributed by atoms with Gasteiger partial charge in [-0.25, -0.2) is 0 Å². The number of rotatable bonds is 8. The first kappa shape index (κ1) is 23.6. The molecule has 2 heterocycles. The summed E-state index contributed by atoms with van der Waals surface area (Å²) < 4.78 is 11.1. The average Bonchev–Trinajstić information content (AvgIpc) is 3.33. The van der Waals surface area contributed by atoms with Crippen LogP contribution in [0.4, 0.5) is 5.69 Å². The smallest absolute Gasteiger partial charge is 0.254 e. The minimum absolute atomic E-state index is 0.114. The summed E-state index contributed by atoms with van der Waals surface area (Å²) in [4.78, 5) is 32.9. The number of aromatic amines is 1. The number of nitrogens with one attached hydrogen (secondary N) is 2. The summed E-state index contributed by atoms with van der Waals surface area (Å²) in [6.45, 7) is 3.10. The molecule has 0 bridgehead atoms. The Morgan fingerprint density at radius 3 is 2.58 bits per heavy atom. The van der Waals surface area contributed by atoms with Crippen LogP contribution in [0.3, 0.4) is 0 Å². The summed E-state index contributed by atoms with van der Waals surface area (Å²) in [7, 11) is 1.61. The molecule has 1 aliphatic heterocycles.